The van der Waals surface area contributed by atoms with E-state index < -0.39 is 0 Å². The molecule has 0 aromatic rings. The van der Waals surface area contributed by atoms with Crippen molar-refractivity contribution in [2.24, 2.45) is 11.8 Å². The maximum absolute atomic E-state index is 12.5. The minimum absolute atomic E-state index is 0.00142. The number of likely N-dealkylation sites (tertiary alicyclic amines) is 2. The number of carbonyl (C=O) groups is 1. The Balaban J connectivity index is 1.78. The largest absolute Gasteiger partial charge is 0.393 e. The summed E-state index contributed by atoms with van der Waals surface area (Å²) >= 11 is 0. The molecule has 24 heavy (non-hydrogen) atoms. The van der Waals surface area contributed by atoms with Crippen molar-refractivity contribution < 1.29 is 9.90 Å². The molecule has 5 heteroatoms. The third-order valence-corrected chi connectivity index (χ3v) is 6.13. The number of amides is 2. The summed E-state index contributed by atoms with van der Waals surface area (Å²) in [6, 6.07) is 0.0520. The number of hydrogen-bond acceptors (Lipinski definition) is 3. The van der Waals surface area contributed by atoms with Crippen LogP contribution in [0.5, 0.6) is 0 Å². The molecule has 0 aliphatic carbocycles. The summed E-state index contributed by atoms with van der Waals surface area (Å²) in [7, 11) is 0. The molecule has 2 atom stereocenters. The van der Waals surface area contributed by atoms with Crippen molar-refractivity contribution in [1.82, 2.24) is 15.1 Å². The third kappa shape index (κ3) is 5.09. The van der Waals surface area contributed by atoms with Crippen LogP contribution in [0.4, 0.5) is 4.79 Å². The molecule has 2 saturated heterocycles. The quantitative estimate of drug-likeness (QED) is 0.810. The summed E-state index contributed by atoms with van der Waals surface area (Å²) < 4.78 is 0. The molecule has 2 amide bonds. The number of nitrogens with one attached hydrogen (secondary N) is 1. The van der Waals surface area contributed by atoms with Gasteiger partial charge in [-0.3, -0.25) is 4.90 Å². The maximum Gasteiger partial charge on any atom is 0.317 e. The number of nitrogens with zero attached hydrogens (tertiary/aromatic N) is 2. The Morgan fingerprint density at radius 2 is 1.92 bits per heavy atom. The second-order valence-electron chi connectivity index (χ2n) is 8.40. The average molecular weight is 340 g/mol. The highest BCUT2D eigenvalue weighted by Crippen LogP contribution is 2.25. The number of aliphatic hydroxyl groups excluding tert-OH is 1. The van der Waals surface area contributed by atoms with Crippen LogP contribution in [0.3, 0.4) is 0 Å². The highest BCUT2D eigenvalue weighted by atomic mass is 16.3. The smallest absolute Gasteiger partial charge is 0.317 e. The van der Waals surface area contributed by atoms with Crippen molar-refractivity contribution in [3.63, 3.8) is 0 Å². The lowest BCUT2D eigenvalue weighted by Gasteiger charge is -2.44. The Morgan fingerprint density at radius 1 is 1.25 bits per heavy atom. The second kappa shape index (κ2) is 8.52. The van der Waals surface area contributed by atoms with Crippen LogP contribution in [-0.2, 0) is 0 Å². The van der Waals surface area contributed by atoms with Gasteiger partial charge in [-0.05, 0) is 64.8 Å². The Hall–Kier alpha value is -0.810. The van der Waals surface area contributed by atoms with Gasteiger partial charge in [0.25, 0.3) is 0 Å². The van der Waals surface area contributed by atoms with Crippen LogP contribution in [0, 0.1) is 11.8 Å². The Kier molecular flexibility index (Phi) is 6.93. The van der Waals surface area contributed by atoms with E-state index in [9.17, 15) is 9.90 Å². The van der Waals surface area contributed by atoms with Gasteiger partial charge in [0, 0.05) is 31.7 Å². The first-order chi connectivity index (χ1) is 11.3. The van der Waals surface area contributed by atoms with Gasteiger partial charge >= 0.3 is 6.03 Å². The van der Waals surface area contributed by atoms with Gasteiger partial charge in [0.1, 0.15) is 0 Å². The van der Waals surface area contributed by atoms with Gasteiger partial charge in [-0.1, -0.05) is 13.3 Å². The van der Waals surface area contributed by atoms with Gasteiger partial charge in [-0.15, -0.1) is 0 Å². The van der Waals surface area contributed by atoms with Crippen LogP contribution >= 0.6 is 0 Å². The molecular weight excluding hydrogens is 302 g/mol. The average Bonchev–Trinajstić information content (AvgIpc) is 2.60. The first-order valence-electron chi connectivity index (χ1n) is 9.79. The molecule has 0 bridgehead atoms. The van der Waals surface area contributed by atoms with E-state index in [1.165, 1.54) is 19.3 Å². The number of hydrogen-bond donors (Lipinski definition) is 2. The fourth-order valence-corrected chi connectivity index (χ4v) is 4.05. The normalized spacial score (nSPS) is 25.5. The zero-order valence-corrected chi connectivity index (χ0v) is 16.1. The lowest BCUT2D eigenvalue weighted by atomic mass is 9.91. The van der Waals surface area contributed by atoms with E-state index in [0.717, 1.165) is 44.9 Å². The van der Waals surface area contributed by atoms with Crippen molar-refractivity contribution in [2.45, 2.75) is 71.4 Å². The highest BCUT2D eigenvalue weighted by molar-refractivity contribution is 5.74. The number of urea groups is 1. The molecule has 2 unspecified atom stereocenters. The van der Waals surface area contributed by atoms with E-state index >= 15 is 0 Å². The lowest BCUT2D eigenvalue weighted by molar-refractivity contribution is 0.0619. The van der Waals surface area contributed by atoms with E-state index in [0.29, 0.717) is 12.5 Å². The maximum atomic E-state index is 12.5. The van der Waals surface area contributed by atoms with Crippen LogP contribution in [0.15, 0.2) is 0 Å². The van der Waals surface area contributed by atoms with E-state index in [1.54, 1.807) is 0 Å². The number of aliphatic hydroxyl groups is 1. The lowest BCUT2D eigenvalue weighted by Crippen LogP contribution is -2.56. The Morgan fingerprint density at radius 3 is 2.50 bits per heavy atom. The SMILES string of the molecule is CCC1CCCN(C(C)(C)CNC(=O)N2CCC(C(C)O)CC2)C1. The third-order valence-electron chi connectivity index (χ3n) is 6.13. The van der Waals surface area contributed by atoms with Crippen molar-refractivity contribution in [2.75, 3.05) is 32.7 Å². The minimum atomic E-state index is -0.264. The summed E-state index contributed by atoms with van der Waals surface area (Å²) in [6.07, 6.45) is 5.39. The molecule has 5 nitrogen and oxygen atoms in total. The number of rotatable bonds is 5. The van der Waals surface area contributed by atoms with Crippen molar-refractivity contribution in [1.29, 1.82) is 0 Å². The topological polar surface area (TPSA) is 55.8 Å². The standard InChI is InChI=1S/C19H37N3O2/c1-5-16-7-6-10-22(13-16)19(3,4)14-20-18(24)21-11-8-17(9-12-21)15(2)23/h15-17,23H,5-14H2,1-4H3,(H,20,24). The van der Waals surface area contributed by atoms with E-state index in [1.807, 2.05) is 11.8 Å². The van der Waals surface area contributed by atoms with Gasteiger partial charge in [-0.25, -0.2) is 4.79 Å². The zero-order chi connectivity index (χ0) is 17.7. The van der Waals surface area contributed by atoms with Gasteiger partial charge < -0.3 is 15.3 Å². The molecule has 2 fully saturated rings. The Bertz CT molecular complexity index is 403. The van der Waals surface area contributed by atoms with E-state index in [-0.39, 0.29) is 17.7 Å². The first kappa shape index (κ1) is 19.5. The van der Waals surface area contributed by atoms with Crippen molar-refractivity contribution >= 4 is 6.03 Å². The molecule has 140 valence electrons. The monoisotopic (exact) mass is 339 g/mol. The van der Waals surface area contributed by atoms with Crippen LogP contribution < -0.4 is 5.32 Å². The van der Waals surface area contributed by atoms with Crippen LogP contribution in [0.25, 0.3) is 0 Å². The minimum Gasteiger partial charge on any atom is -0.393 e. The molecule has 0 aromatic heterocycles. The fourth-order valence-electron chi connectivity index (χ4n) is 4.05. The van der Waals surface area contributed by atoms with Crippen molar-refractivity contribution in [3.05, 3.63) is 0 Å². The fraction of sp³-hybridized carbons (Fsp3) is 0.947. The van der Waals surface area contributed by atoms with Crippen LogP contribution in [0.2, 0.25) is 0 Å². The summed E-state index contributed by atoms with van der Waals surface area (Å²) in [6.45, 7) is 13.1. The molecule has 2 rings (SSSR count). The number of carbonyl (C=O) groups excluding carboxylic acids is 1. The van der Waals surface area contributed by atoms with Crippen molar-refractivity contribution in [3.8, 4) is 0 Å². The molecule has 0 aromatic carbocycles. The second-order valence-corrected chi connectivity index (χ2v) is 8.40. The highest BCUT2D eigenvalue weighted by Gasteiger charge is 2.32. The molecule has 0 saturated carbocycles. The van der Waals surface area contributed by atoms with Gasteiger partial charge in [0.2, 0.25) is 0 Å². The first-order valence-corrected chi connectivity index (χ1v) is 9.79. The predicted molar refractivity (Wildman–Crippen MR) is 98.0 cm³/mol. The molecule has 2 aliphatic rings. The van der Waals surface area contributed by atoms with Gasteiger partial charge in [0.05, 0.1) is 6.10 Å². The predicted octanol–water partition coefficient (Wildman–Crippen LogP) is 2.69. The van der Waals surface area contributed by atoms with Crippen LogP contribution in [-0.4, -0.2) is 65.3 Å². The Labute approximate surface area is 147 Å². The molecule has 2 heterocycles. The summed E-state index contributed by atoms with van der Waals surface area (Å²) in [5.41, 5.74) is 0.00142. The molecular formula is C19H37N3O2. The summed E-state index contributed by atoms with van der Waals surface area (Å²) in [5, 5.41) is 12.8. The van der Waals surface area contributed by atoms with Gasteiger partial charge in [-0.2, -0.15) is 0 Å². The molecule has 0 spiro atoms. The molecule has 2 N–H and O–H groups in total. The summed E-state index contributed by atoms with van der Waals surface area (Å²) in [4.78, 5) is 16.9. The van der Waals surface area contributed by atoms with Gasteiger partial charge in [0.15, 0.2) is 0 Å². The zero-order valence-electron chi connectivity index (χ0n) is 16.1. The molecule has 2 aliphatic heterocycles. The van der Waals surface area contributed by atoms with E-state index in [4.69, 9.17) is 0 Å². The summed E-state index contributed by atoms with van der Waals surface area (Å²) in [5.74, 6) is 1.14. The van der Waals surface area contributed by atoms with Crippen LogP contribution in [0.1, 0.15) is 59.8 Å². The van der Waals surface area contributed by atoms with E-state index in [2.05, 4.69) is 31.0 Å². The molecule has 0 radical (unpaired) electrons. The number of piperidine rings is 2.